The van der Waals surface area contributed by atoms with Gasteiger partial charge in [0.05, 0.1) is 25.3 Å². The average Bonchev–Trinajstić information content (AvgIpc) is 3.14. The number of aryl methyl sites for hydroxylation is 1. The summed E-state index contributed by atoms with van der Waals surface area (Å²) in [4.78, 5) is 30.2. The van der Waals surface area contributed by atoms with E-state index in [1.807, 2.05) is 36.9 Å². The molecule has 2 heterocycles. The van der Waals surface area contributed by atoms with Gasteiger partial charge in [0.1, 0.15) is 0 Å². The summed E-state index contributed by atoms with van der Waals surface area (Å²) < 4.78 is 1.82. The number of hydrogen-bond donors (Lipinski definition) is 3. The minimum Gasteiger partial charge on any atom is -0.357 e. The molecule has 0 bridgehead atoms. The third-order valence-electron chi connectivity index (χ3n) is 4.65. The Morgan fingerprint density at radius 2 is 2.00 bits per heavy atom. The molecule has 2 aromatic rings. The molecule has 1 aliphatic rings. The molecule has 1 aromatic heterocycles. The van der Waals surface area contributed by atoms with Crippen molar-refractivity contribution >= 4 is 41.8 Å². The van der Waals surface area contributed by atoms with Gasteiger partial charge >= 0.3 is 0 Å². The number of aliphatic imine (C=N–C) groups is 1. The zero-order valence-corrected chi connectivity index (χ0v) is 19.6. The topological polar surface area (TPSA) is 104 Å². The van der Waals surface area contributed by atoms with Gasteiger partial charge in [0.2, 0.25) is 5.91 Å². The fourth-order valence-corrected chi connectivity index (χ4v) is 3.01. The van der Waals surface area contributed by atoms with Crippen LogP contribution >= 0.6 is 24.0 Å². The van der Waals surface area contributed by atoms with Gasteiger partial charge < -0.3 is 20.9 Å². The summed E-state index contributed by atoms with van der Waals surface area (Å²) >= 11 is 0. The van der Waals surface area contributed by atoms with Crippen LogP contribution in [0.4, 0.5) is 0 Å². The predicted molar refractivity (Wildman–Crippen MR) is 126 cm³/mol. The monoisotopic (exact) mass is 525 g/mol. The van der Waals surface area contributed by atoms with Gasteiger partial charge in [-0.05, 0) is 30.7 Å². The van der Waals surface area contributed by atoms with Crippen LogP contribution in [0.5, 0.6) is 0 Å². The Hall–Kier alpha value is -2.63. The van der Waals surface area contributed by atoms with Gasteiger partial charge in [-0.2, -0.15) is 5.10 Å². The van der Waals surface area contributed by atoms with E-state index in [1.165, 1.54) is 0 Å². The van der Waals surface area contributed by atoms with E-state index in [0.717, 1.165) is 17.8 Å². The third-order valence-corrected chi connectivity index (χ3v) is 4.65. The molecule has 162 valence electrons. The van der Waals surface area contributed by atoms with Crippen molar-refractivity contribution in [1.29, 1.82) is 0 Å². The zero-order chi connectivity index (χ0) is 20.6. The van der Waals surface area contributed by atoms with Crippen molar-refractivity contribution in [2.75, 3.05) is 26.2 Å². The van der Waals surface area contributed by atoms with Crippen molar-refractivity contribution in [3.8, 4) is 0 Å². The molecule has 1 aromatic carbocycles. The highest BCUT2D eigenvalue weighted by molar-refractivity contribution is 14.0. The molecule has 3 N–H and O–H groups in total. The number of amides is 2. The number of carbonyl (C=O) groups is 2. The smallest absolute Gasteiger partial charge is 0.254 e. The van der Waals surface area contributed by atoms with Crippen molar-refractivity contribution in [3.63, 3.8) is 0 Å². The summed E-state index contributed by atoms with van der Waals surface area (Å²) in [5.41, 5.74) is 2.63. The van der Waals surface area contributed by atoms with Crippen LogP contribution in [0.15, 0.2) is 41.5 Å². The number of nitrogens with one attached hydrogen (secondary N) is 3. The maximum absolute atomic E-state index is 12.5. The summed E-state index contributed by atoms with van der Waals surface area (Å²) in [6, 6.07) is 9.32. The second kappa shape index (κ2) is 11.5. The van der Waals surface area contributed by atoms with Gasteiger partial charge in [-0.15, -0.1) is 24.0 Å². The van der Waals surface area contributed by atoms with Crippen LogP contribution in [0.1, 0.15) is 28.5 Å². The molecule has 0 saturated carbocycles. The highest BCUT2D eigenvalue weighted by atomic mass is 127. The normalized spacial score (nSPS) is 14.0. The molecule has 1 saturated heterocycles. The van der Waals surface area contributed by atoms with Crippen LogP contribution in [0, 0.1) is 0 Å². The number of aromatic nitrogens is 2. The summed E-state index contributed by atoms with van der Waals surface area (Å²) in [5.74, 6) is 0.472. The van der Waals surface area contributed by atoms with Crippen molar-refractivity contribution in [2.24, 2.45) is 12.0 Å². The Morgan fingerprint density at radius 3 is 2.63 bits per heavy atom. The van der Waals surface area contributed by atoms with Crippen LogP contribution in [-0.2, 0) is 24.9 Å². The molecule has 0 radical (unpaired) electrons. The van der Waals surface area contributed by atoms with E-state index in [-0.39, 0.29) is 42.3 Å². The van der Waals surface area contributed by atoms with E-state index in [9.17, 15) is 9.59 Å². The standard InChI is InChI=1S/C20H27N7O2.HI/c1-3-21-20(24-13-17-8-9-25-26(17)2)23-12-15-4-6-16(7-5-15)19(29)27-11-10-22-18(28)14-27;/h4-9H,3,10-14H2,1-2H3,(H,22,28)(H2,21,23,24);1H. The predicted octanol–water partition coefficient (Wildman–Crippen LogP) is 0.865. The van der Waals surface area contributed by atoms with Crippen molar-refractivity contribution in [2.45, 2.75) is 20.0 Å². The lowest BCUT2D eigenvalue weighted by Crippen LogP contribution is -2.49. The molecule has 1 aliphatic heterocycles. The maximum Gasteiger partial charge on any atom is 0.254 e. The van der Waals surface area contributed by atoms with Crippen LogP contribution in [0.3, 0.4) is 0 Å². The summed E-state index contributed by atoms with van der Waals surface area (Å²) in [6.45, 7) is 5.03. The van der Waals surface area contributed by atoms with E-state index in [1.54, 1.807) is 23.2 Å². The molecule has 1 fully saturated rings. The first-order chi connectivity index (χ1) is 14.1. The molecule has 0 atom stereocenters. The van der Waals surface area contributed by atoms with Crippen molar-refractivity contribution in [3.05, 3.63) is 53.3 Å². The molecule has 2 amide bonds. The number of piperazine rings is 1. The Kier molecular flexibility index (Phi) is 9.09. The van der Waals surface area contributed by atoms with Gasteiger partial charge in [0, 0.05) is 38.4 Å². The third kappa shape index (κ3) is 6.44. The lowest BCUT2D eigenvalue weighted by molar-refractivity contribution is -0.123. The molecule has 0 aliphatic carbocycles. The number of halogens is 1. The number of rotatable bonds is 6. The van der Waals surface area contributed by atoms with Gasteiger partial charge in [0.15, 0.2) is 5.96 Å². The molecule has 3 rings (SSSR count). The Bertz CT molecular complexity index is 880. The first kappa shape index (κ1) is 23.6. The molecule has 0 unspecified atom stereocenters. The minimum atomic E-state index is -0.124. The molecule has 10 heteroatoms. The Morgan fingerprint density at radius 1 is 1.23 bits per heavy atom. The number of carbonyl (C=O) groups excluding carboxylic acids is 2. The highest BCUT2D eigenvalue weighted by Gasteiger charge is 2.22. The zero-order valence-electron chi connectivity index (χ0n) is 17.2. The SMILES string of the molecule is CCNC(=NCc1ccc(C(=O)N2CCNC(=O)C2)cc1)NCc1ccnn1C.I. The van der Waals surface area contributed by atoms with Crippen LogP contribution in [0.25, 0.3) is 0 Å². The summed E-state index contributed by atoms with van der Waals surface area (Å²) in [5, 5.41) is 13.4. The summed E-state index contributed by atoms with van der Waals surface area (Å²) in [7, 11) is 1.90. The van der Waals surface area contributed by atoms with Gasteiger partial charge in [-0.25, -0.2) is 4.99 Å². The van der Waals surface area contributed by atoms with E-state index in [4.69, 9.17) is 0 Å². The first-order valence-corrected chi connectivity index (χ1v) is 9.70. The summed E-state index contributed by atoms with van der Waals surface area (Å²) in [6.07, 6.45) is 1.76. The molecular weight excluding hydrogens is 497 g/mol. The fraction of sp³-hybridized carbons (Fsp3) is 0.400. The number of nitrogens with zero attached hydrogens (tertiary/aromatic N) is 4. The fourth-order valence-electron chi connectivity index (χ4n) is 3.01. The Labute approximate surface area is 193 Å². The largest absolute Gasteiger partial charge is 0.357 e. The Balaban J connectivity index is 0.00000320. The number of guanidine groups is 1. The van der Waals surface area contributed by atoms with E-state index < -0.39 is 0 Å². The quantitative estimate of drug-likeness (QED) is 0.295. The van der Waals surface area contributed by atoms with Crippen molar-refractivity contribution < 1.29 is 9.59 Å². The lowest BCUT2D eigenvalue weighted by atomic mass is 10.1. The van der Waals surface area contributed by atoms with Crippen LogP contribution in [-0.4, -0.2) is 58.6 Å². The molecular formula is C20H28IN7O2. The van der Waals surface area contributed by atoms with Gasteiger partial charge in [0.25, 0.3) is 5.91 Å². The molecule has 0 spiro atoms. The second-order valence-corrected chi connectivity index (χ2v) is 6.77. The van der Waals surface area contributed by atoms with Gasteiger partial charge in [-0.3, -0.25) is 14.3 Å². The first-order valence-electron chi connectivity index (χ1n) is 9.70. The van der Waals surface area contributed by atoms with E-state index in [0.29, 0.717) is 37.7 Å². The van der Waals surface area contributed by atoms with Crippen molar-refractivity contribution in [1.82, 2.24) is 30.6 Å². The molecule has 30 heavy (non-hydrogen) atoms. The minimum absolute atomic E-state index is 0. The van der Waals surface area contributed by atoms with Gasteiger partial charge in [-0.1, -0.05) is 12.1 Å². The van der Waals surface area contributed by atoms with Crippen LogP contribution in [0.2, 0.25) is 0 Å². The number of hydrogen-bond acceptors (Lipinski definition) is 4. The number of benzene rings is 1. The molecule has 9 nitrogen and oxygen atoms in total. The van der Waals surface area contributed by atoms with E-state index in [2.05, 4.69) is 26.0 Å². The average molecular weight is 525 g/mol. The lowest BCUT2D eigenvalue weighted by Gasteiger charge is -2.26. The highest BCUT2D eigenvalue weighted by Crippen LogP contribution is 2.10. The van der Waals surface area contributed by atoms with Crippen LogP contribution < -0.4 is 16.0 Å². The van der Waals surface area contributed by atoms with E-state index >= 15 is 0 Å². The maximum atomic E-state index is 12.5. The second-order valence-electron chi connectivity index (χ2n) is 6.77.